The third-order valence-corrected chi connectivity index (χ3v) is 2.58. The van der Waals surface area contributed by atoms with Crippen molar-refractivity contribution in [3.05, 3.63) is 0 Å². The van der Waals surface area contributed by atoms with Crippen LogP contribution in [0.25, 0.3) is 0 Å². The molecule has 0 atom stereocenters. The second-order valence-corrected chi connectivity index (χ2v) is 3.74. The molecule has 1 heterocycles. The SMILES string of the molecule is CCN(C)CN1CCN(C)CC1. The van der Waals surface area contributed by atoms with Gasteiger partial charge in [-0.3, -0.25) is 9.80 Å². The summed E-state index contributed by atoms with van der Waals surface area (Å²) in [5.41, 5.74) is 0. The molecule has 0 radical (unpaired) electrons. The first-order chi connectivity index (χ1) is 5.72. The molecule has 1 saturated heterocycles. The molecule has 3 heteroatoms. The summed E-state index contributed by atoms with van der Waals surface area (Å²) < 4.78 is 0. The van der Waals surface area contributed by atoms with E-state index in [4.69, 9.17) is 0 Å². The molecule has 1 rings (SSSR count). The normalized spacial score (nSPS) is 22.0. The Hall–Kier alpha value is -0.120. The van der Waals surface area contributed by atoms with Crippen molar-refractivity contribution in [1.82, 2.24) is 14.7 Å². The van der Waals surface area contributed by atoms with E-state index in [0.717, 1.165) is 13.2 Å². The molecule has 1 aliphatic rings. The zero-order chi connectivity index (χ0) is 8.97. The average Bonchev–Trinajstić information content (AvgIpc) is 2.09. The fourth-order valence-electron chi connectivity index (χ4n) is 1.43. The molecule has 1 fully saturated rings. The van der Waals surface area contributed by atoms with Gasteiger partial charge in [-0.15, -0.1) is 0 Å². The van der Waals surface area contributed by atoms with Crippen LogP contribution in [0.3, 0.4) is 0 Å². The van der Waals surface area contributed by atoms with Crippen molar-refractivity contribution < 1.29 is 0 Å². The molecule has 12 heavy (non-hydrogen) atoms. The molecule has 0 amide bonds. The van der Waals surface area contributed by atoms with Crippen LogP contribution in [0, 0.1) is 0 Å². The number of likely N-dealkylation sites (N-methyl/N-ethyl adjacent to an activating group) is 1. The Bertz CT molecular complexity index is 119. The lowest BCUT2D eigenvalue weighted by atomic mass is 10.3. The minimum Gasteiger partial charge on any atom is -0.304 e. The molecule has 0 spiro atoms. The highest BCUT2D eigenvalue weighted by molar-refractivity contribution is 4.68. The summed E-state index contributed by atoms with van der Waals surface area (Å²) in [5, 5.41) is 0. The molecule has 0 aliphatic carbocycles. The van der Waals surface area contributed by atoms with Gasteiger partial charge in [0.25, 0.3) is 0 Å². The molecule has 0 N–H and O–H groups in total. The van der Waals surface area contributed by atoms with Crippen molar-refractivity contribution in [2.45, 2.75) is 6.92 Å². The van der Waals surface area contributed by atoms with Crippen molar-refractivity contribution in [3.8, 4) is 0 Å². The maximum absolute atomic E-state index is 2.52. The first-order valence-electron chi connectivity index (χ1n) is 4.82. The summed E-state index contributed by atoms with van der Waals surface area (Å²) in [7, 11) is 4.37. The maximum atomic E-state index is 2.52. The lowest BCUT2D eigenvalue weighted by molar-refractivity contribution is 0.0991. The Morgan fingerprint density at radius 2 is 1.75 bits per heavy atom. The van der Waals surface area contributed by atoms with Crippen LogP contribution in [0.4, 0.5) is 0 Å². The largest absolute Gasteiger partial charge is 0.304 e. The quantitative estimate of drug-likeness (QED) is 0.598. The van der Waals surface area contributed by atoms with Crippen LogP contribution in [0.1, 0.15) is 6.92 Å². The molecule has 3 nitrogen and oxygen atoms in total. The Morgan fingerprint density at radius 1 is 1.17 bits per heavy atom. The number of piperazine rings is 1. The monoisotopic (exact) mass is 171 g/mol. The molecule has 0 aromatic heterocycles. The molecule has 72 valence electrons. The summed E-state index contributed by atoms with van der Waals surface area (Å²) in [6.45, 7) is 9.36. The number of hydrogen-bond donors (Lipinski definition) is 0. The van der Waals surface area contributed by atoms with Crippen LogP contribution in [0.5, 0.6) is 0 Å². The molecule has 0 aromatic rings. The second kappa shape index (κ2) is 4.80. The van der Waals surface area contributed by atoms with Crippen LogP contribution < -0.4 is 0 Å². The fraction of sp³-hybridized carbons (Fsp3) is 1.00. The zero-order valence-electron chi connectivity index (χ0n) is 8.58. The summed E-state index contributed by atoms with van der Waals surface area (Å²) in [4.78, 5) is 7.26. The van der Waals surface area contributed by atoms with Gasteiger partial charge < -0.3 is 4.90 Å². The smallest absolute Gasteiger partial charge is 0.0504 e. The van der Waals surface area contributed by atoms with Gasteiger partial charge >= 0.3 is 0 Å². The third-order valence-electron chi connectivity index (χ3n) is 2.58. The average molecular weight is 171 g/mol. The number of rotatable bonds is 3. The molecular weight excluding hydrogens is 150 g/mol. The van der Waals surface area contributed by atoms with E-state index in [1.54, 1.807) is 0 Å². The lowest BCUT2D eigenvalue weighted by Crippen LogP contribution is -2.48. The predicted molar refractivity (Wildman–Crippen MR) is 52.2 cm³/mol. The summed E-state index contributed by atoms with van der Waals surface area (Å²) >= 11 is 0. The first kappa shape index (κ1) is 9.96. The highest BCUT2D eigenvalue weighted by Gasteiger charge is 2.13. The van der Waals surface area contributed by atoms with E-state index in [1.807, 2.05) is 0 Å². The Balaban J connectivity index is 2.17. The van der Waals surface area contributed by atoms with Gasteiger partial charge in [0, 0.05) is 26.2 Å². The summed E-state index contributed by atoms with van der Waals surface area (Å²) in [6.07, 6.45) is 0. The molecule has 0 bridgehead atoms. The van der Waals surface area contributed by atoms with Crippen molar-refractivity contribution in [2.75, 3.05) is 53.5 Å². The van der Waals surface area contributed by atoms with Gasteiger partial charge in [-0.2, -0.15) is 0 Å². The van der Waals surface area contributed by atoms with Crippen LogP contribution in [-0.4, -0.2) is 68.2 Å². The second-order valence-electron chi connectivity index (χ2n) is 3.74. The van der Waals surface area contributed by atoms with E-state index < -0.39 is 0 Å². The molecule has 1 aliphatic heterocycles. The Labute approximate surface area is 75.9 Å². The van der Waals surface area contributed by atoms with E-state index in [-0.39, 0.29) is 0 Å². The minimum absolute atomic E-state index is 1.13. The topological polar surface area (TPSA) is 9.72 Å². The van der Waals surface area contributed by atoms with Gasteiger partial charge in [-0.25, -0.2) is 0 Å². The van der Waals surface area contributed by atoms with E-state index in [0.29, 0.717) is 0 Å². The predicted octanol–water partition coefficient (Wildman–Crippen LogP) is 0.143. The number of hydrogen-bond acceptors (Lipinski definition) is 3. The Morgan fingerprint density at radius 3 is 2.25 bits per heavy atom. The van der Waals surface area contributed by atoms with Crippen LogP contribution in [0.2, 0.25) is 0 Å². The third kappa shape index (κ3) is 3.09. The Kier molecular flexibility index (Phi) is 3.98. The van der Waals surface area contributed by atoms with Crippen LogP contribution in [-0.2, 0) is 0 Å². The van der Waals surface area contributed by atoms with Gasteiger partial charge in [0.2, 0.25) is 0 Å². The van der Waals surface area contributed by atoms with E-state index in [1.165, 1.54) is 26.2 Å². The van der Waals surface area contributed by atoms with E-state index in [9.17, 15) is 0 Å². The zero-order valence-corrected chi connectivity index (χ0v) is 8.58. The molecular formula is C9H21N3. The molecule has 0 unspecified atom stereocenters. The van der Waals surface area contributed by atoms with E-state index >= 15 is 0 Å². The first-order valence-corrected chi connectivity index (χ1v) is 4.82. The van der Waals surface area contributed by atoms with Crippen LogP contribution in [0.15, 0.2) is 0 Å². The minimum atomic E-state index is 1.13. The van der Waals surface area contributed by atoms with Crippen molar-refractivity contribution in [1.29, 1.82) is 0 Å². The highest BCUT2D eigenvalue weighted by Crippen LogP contribution is 1.99. The van der Waals surface area contributed by atoms with Gasteiger partial charge in [0.15, 0.2) is 0 Å². The number of nitrogens with zero attached hydrogens (tertiary/aromatic N) is 3. The summed E-state index contributed by atoms with van der Waals surface area (Å²) in [6, 6.07) is 0. The van der Waals surface area contributed by atoms with Gasteiger partial charge in [0.1, 0.15) is 0 Å². The fourth-order valence-corrected chi connectivity index (χ4v) is 1.43. The van der Waals surface area contributed by atoms with Crippen molar-refractivity contribution in [3.63, 3.8) is 0 Å². The van der Waals surface area contributed by atoms with Crippen molar-refractivity contribution in [2.24, 2.45) is 0 Å². The standard InChI is InChI=1S/C9H21N3/c1-4-10(2)9-12-7-5-11(3)6-8-12/h4-9H2,1-3H3. The van der Waals surface area contributed by atoms with Crippen molar-refractivity contribution >= 4 is 0 Å². The highest BCUT2D eigenvalue weighted by atomic mass is 15.3. The summed E-state index contributed by atoms with van der Waals surface area (Å²) in [5.74, 6) is 0. The maximum Gasteiger partial charge on any atom is 0.0504 e. The van der Waals surface area contributed by atoms with Gasteiger partial charge in [-0.1, -0.05) is 6.92 Å². The van der Waals surface area contributed by atoms with Gasteiger partial charge in [-0.05, 0) is 20.6 Å². The molecule has 0 aromatic carbocycles. The molecule has 0 saturated carbocycles. The van der Waals surface area contributed by atoms with E-state index in [2.05, 4.69) is 35.7 Å². The van der Waals surface area contributed by atoms with Crippen LogP contribution >= 0.6 is 0 Å². The van der Waals surface area contributed by atoms with Gasteiger partial charge in [0.05, 0.1) is 6.67 Å². The lowest BCUT2D eigenvalue weighted by Gasteiger charge is -2.34.